The quantitative estimate of drug-likeness (QED) is 0.173. The molecule has 42 heavy (non-hydrogen) atoms. The number of ether oxygens (including phenoxy) is 1. The summed E-state index contributed by atoms with van der Waals surface area (Å²) in [5.41, 5.74) is 10.3. The van der Waals surface area contributed by atoms with Gasteiger partial charge in [0, 0.05) is 56.9 Å². The Morgan fingerprint density at radius 1 is 0.810 bits per heavy atom. The highest BCUT2D eigenvalue weighted by Crippen LogP contribution is 2.45. The summed E-state index contributed by atoms with van der Waals surface area (Å²) in [5.74, 6) is 1.24. The molecular weight excluding hydrogens is 544 g/mol. The molecule has 1 unspecified atom stereocenters. The molecule has 6 rings (SSSR count). The third-order valence-electron chi connectivity index (χ3n) is 7.92. The van der Waals surface area contributed by atoms with Gasteiger partial charge in [-0.15, -0.1) is 0 Å². The molecule has 1 aliphatic heterocycles. The first-order valence-corrected chi connectivity index (χ1v) is 15.3. The average Bonchev–Trinajstić information content (AvgIpc) is 2.95. The van der Waals surface area contributed by atoms with Crippen LogP contribution >= 0.6 is 0 Å². The van der Waals surface area contributed by atoms with Gasteiger partial charge in [-0.2, -0.15) is 8.42 Å². The maximum absolute atomic E-state index is 12.5. The molecular formula is C35H33N2O4S+. The number of anilines is 2. The number of para-hydroxylation sites is 2. The predicted molar refractivity (Wildman–Crippen MR) is 167 cm³/mol. The van der Waals surface area contributed by atoms with E-state index in [-0.39, 0.29) is 10.9 Å². The van der Waals surface area contributed by atoms with Gasteiger partial charge in [0.1, 0.15) is 28.1 Å². The Labute approximate surface area is 246 Å². The maximum Gasteiger partial charge on any atom is 0.295 e. The van der Waals surface area contributed by atoms with Crippen LogP contribution in [0.2, 0.25) is 0 Å². The summed E-state index contributed by atoms with van der Waals surface area (Å²) in [6.07, 6.45) is 6.14. The number of hydrogen-bond donors (Lipinski definition) is 3. The Balaban J connectivity index is 1.49. The lowest BCUT2D eigenvalue weighted by Crippen LogP contribution is -2.84. The first-order chi connectivity index (χ1) is 20.1. The number of nitrogens with two attached hydrogens (primary N) is 1. The van der Waals surface area contributed by atoms with Crippen molar-refractivity contribution in [2.45, 2.75) is 38.6 Å². The third kappa shape index (κ3) is 5.18. The van der Waals surface area contributed by atoms with Gasteiger partial charge in [-0.3, -0.25) is 4.55 Å². The van der Waals surface area contributed by atoms with Crippen LogP contribution in [0.5, 0.6) is 5.75 Å². The summed E-state index contributed by atoms with van der Waals surface area (Å²) >= 11 is 0. The summed E-state index contributed by atoms with van der Waals surface area (Å²) in [4.78, 5) is -0.143. The van der Waals surface area contributed by atoms with Gasteiger partial charge >= 0.3 is 0 Å². The molecule has 0 spiro atoms. The van der Waals surface area contributed by atoms with E-state index < -0.39 is 10.1 Å². The van der Waals surface area contributed by atoms with Crippen LogP contribution in [-0.4, -0.2) is 19.0 Å². The monoisotopic (exact) mass is 577 g/mol. The highest BCUT2D eigenvalue weighted by Gasteiger charge is 2.31. The van der Waals surface area contributed by atoms with Crippen LogP contribution in [0.1, 0.15) is 33.4 Å². The number of allylic oxidation sites excluding steroid dienone is 1. The lowest BCUT2D eigenvalue weighted by Gasteiger charge is -2.29. The highest BCUT2D eigenvalue weighted by molar-refractivity contribution is 7.86. The molecule has 7 heteroatoms. The summed E-state index contributed by atoms with van der Waals surface area (Å²) in [6, 6.07) is 24.8. The molecule has 4 N–H and O–H groups in total. The Morgan fingerprint density at radius 3 is 2.17 bits per heavy atom. The van der Waals surface area contributed by atoms with Crippen molar-refractivity contribution in [2.75, 3.05) is 5.32 Å². The first-order valence-electron chi connectivity index (χ1n) is 13.9. The lowest BCUT2D eigenvalue weighted by atomic mass is 9.87. The van der Waals surface area contributed by atoms with Crippen molar-refractivity contribution < 1.29 is 23.0 Å². The van der Waals surface area contributed by atoms with E-state index in [1.807, 2.05) is 30.3 Å². The van der Waals surface area contributed by atoms with Crippen molar-refractivity contribution in [1.29, 1.82) is 0 Å². The van der Waals surface area contributed by atoms with Crippen molar-refractivity contribution in [1.82, 2.24) is 0 Å². The van der Waals surface area contributed by atoms with Gasteiger partial charge in [-0.05, 0) is 69.2 Å². The van der Waals surface area contributed by atoms with Gasteiger partial charge in [0.2, 0.25) is 0 Å². The molecule has 0 bridgehead atoms. The molecule has 1 aliphatic carbocycles. The molecule has 0 saturated heterocycles. The van der Waals surface area contributed by atoms with E-state index in [0.717, 1.165) is 33.6 Å². The first kappa shape index (κ1) is 27.7. The van der Waals surface area contributed by atoms with Crippen LogP contribution in [0.25, 0.3) is 5.57 Å². The largest absolute Gasteiger partial charge is 0.456 e. The number of hydrogen-bond acceptors (Lipinski definition) is 4. The van der Waals surface area contributed by atoms with Gasteiger partial charge < -0.3 is 15.4 Å². The fraction of sp³-hybridized carbons (Fsp3) is 0.143. The highest BCUT2D eigenvalue weighted by atomic mass is 32.2. The number of benzene rings is 4. The van der Waals surface area contributed by atoms with Crippen molar-refractivity contribution in [3.05, 3.63) is 142 Å². The van der Waals surface area contributed by atoms with E-state index in [2.05, 4.69) is 80.8 Å². The molecule has 4 aromatic carbocycles. The zero-order valence-corrected chi connectivity index (χ0v) is 24.8. The summed E-state index contributed by atoms with van der Waals surface area (Å²) < 4.78 is 41.6. The topological polar surface area (TPSA) is 92.2 Å². The number of nitrogens with one attached hydrogen (secondary N) is 1. The van der Waals surface area contributed by atoms with Gasteiger partial charge in [0.15, 0.2) is 0 Å². The van der Waals surface area contributed by atoms with E-state index in [1.165, 1.54) is 22.9 Å². The Bertz CT molecular complexity index is 1900. The summed E-state index contributed by atoms with van der Waals surface area (Å²) in [7, 11) is -4.48. The molecule has 0 aromatic heterocycles. The molecule has 1 atom stereocenters. The summed E-state index contributed by atoms with van der Waals surface area (Å²) in [5, 5.41) is 5.75. The second-order valence-electron chi connectivity index (χ2n) is 10.9. The molecule has 0 amide bonds. The zero-order valence-electron chi connectivity index (χ0n) is 24.0. The maximum atomic E-state index is 12.5. The number of quaternary nitrogens is 1. The van der Waals surface area contributed by atoms with Crippen LogP contribution in [0.3, 0.4) is 0 Å². The molecule has 2 aliphatic rings. The van der Waals surface area contributed by atoms with Crippen molar-refractivity contribution in [2.24, 2.45) is 0 Å². The second-order valence-corrected chi connectivity index (χ2v) is 12.3. The standard InChI is InChI=1S/C35H32N2O4S/c1-21-9-7-10-22(2)34(21)36-25-15-17-27-30(19-25)41-31-20-26(37-35-23(3)11-8-12-24(35)4)16-18-28(31)33(27)29-13-5-6-14-32(29)42(38,39)40/h5-20,25,36-37H,1-4H3,(H,38,39,40)/p+1. The van der Waals surface area contributed by atoms with Crippen LogP contribution in [-0.2, 0) is 10.1 Å². The lowest BCUT2D eigenvalue weighted by molar-refractivity contribution is -0.588. The Kier molecular flexibility index (Phi) is 7.10. The van der Waals surface area contributed by atoms with Gasteiger partial charge in [-0.25, -0.2) is 0 Å². The molecule has 0 saturated carbocycles. The molecule has 0 fully saturated rings. The second kappa shape index (κ2) is 10.8. The van der Waals surface area contributed by atoms with Crippen LogP contribution in [0, 0.1) is 27.7 Å². The minimum absolute atomic E-state index is 0.0286. The van der Waals surface area contributed by atoms with E-state index in [9.17, 15) is 13.0 Å². The molecule has 0 radical (unpaired) electrons. The van der Waals surface area contributed by atoms with E-state index in [4.69, 9.17) is 4.74 Å². The summed E-state index contributed by atoms with van der Waals surface area (Å²) in [6.45, 7) is 8.34. The van der Waals surface area contributed by atoms with Crippen LogP contribution < -0.4 is 15.4 Å². The smallest absolute Gasteiger partial charge is 0.295 e. The van der Waals surface area contributed by atoms with E-state index in [1.54, 1.807) is 18.2 Å². The van der Waals surface area contributed by atoms with E-state index in [0.29, 0.717) is 22.6 Å². The van der Waals surface area contributed by atoms with Crippen molar-refractivity contribution >= 4 is 32.8 Å². The van der Waals surface area contributed by atoms with Crippen LogP contribution in [0.15, 0.2) is 113 Å². The van der Waals surface area contributed by atoms with Gasteiger partial charge in [-0.1, -0.05) is 54.6 Å². The predicted octanol–water partition coefficient (Wildman–Crippen LogP) is 6.82. The SMILES string of the molecule is Cc1cccc(C)c1Nc1ccc2c(c1)OC1=CC([NH2+]c3c(C)cccc3C)C=CC1=C2c1ccccc1S(=O)(=O)O. The fourth-order valence-corrected chi connectivity index (χ4v) is 6.49. The molecule has 6 nitrogen and oxygen atoms in total. The molecule has 4 aromatic rings. The number of aryl methyl sites for hydroxylation is 4. The normalized spacial score (nSPS) is 15.9. The Hall–Kier alpha value is -4.43. The van der Waals surface area contributed by atoms with Crippen molar-refractivity contribution in [3.63, 3.8) is 0 Å². The van der Waals surface area contributed by atoms with Crippen LogP contribution in [0.4, 0.5) is 17.1 Å². The molecule has 212 valence electrons. The average molecular weight is 578 g/mol. The third-order valence-corrected chi connectivity index (χ3v) is 8.83. The minimum Gasteiger partial charge on any atom is -0.456 e. The Morgan fingerprint density at radius 2 is 1.48 bits per heavy atom. The minimum atomic E-state index is -4.48. The van der Waals surface area contributed by atoms with Gasteiger partial charge in [0.05, 0.1) is 0 Å². The van der Waals surface area contributed by atoms with E-state index >= 15 is 0 Å². The number of rotatable bonds is 6. The van der Waals surface area contributed by atoms with Gasteiger partial charge in [0.25, 0.3) is 10.1 Å². The molecule has 1 heterocycles. The van der Waals surface area contributed by atoms with Crippen molar-refractivity contribution in [3.8, 4) is 5.75 Å². The number of fused-ring (bicyclic) bond motifs is 2. The zero-order chi connectivity index (χ0) is 29.6. The fourth-order valence-electron chi connectivity index (χ4n) is 5.79.